The summed E-state index contributed by atoms with van der Waals surface area (Å²) < 4.78 is 12.7. The lowest BCUT2D eigenvalue weighted by atomic mass is 9.74. The predicted molar refractivity (Wildman–Crippen MR) is 163 cm³/mol. The standard InChI is InChI=1S/C34H45N3O7/c1-4-5-11-19-36-20-12-7-10-16-26(39)35(3)23(2)29(24-14-8-6-9-15-24)43-33(42)27-25-17-18-34(44-25)28(27)31(40)37(21-13-22-38)30(34)32(36)41/h6-9,12,14-15,17-18,23,25,27-30,38H,4-5,10-11,13,16,19-22H2,1-3H3/b12-7-/t23-,25+,27-,28-,29+,30+,34-/m1/s1. The van der Waals surface area contributed by atoms with Crippen molar-refractivity contribution in [2.24, 2.45) is 11.8 Å². The first-order chi connectivity index (χ1) is 21.2. The molecular weight excluding hydrogens is 562 g/mol. The van der Waals surface area contributed by atoms with Crippen LogP contribution in [-0.4, -0.2) is 101 Å². The molecule has 10 heteroatoms. The molecule has 1 spiro atoms. The number of esters is 1. The molecule has 0 aliphatic carbocycles. The number of fused-ring (bicyclic) bond motifs is 2. The molecule has 2 saturated heterocycles. The van der Waals surface area contributed by atoms with Crippen LogP contribution < -0.4 is 0 Å². The number of carbonyl (C=O) groups excluding carboxylic acids is 4. The Hall–Kier alpha value is -3.50. The van der Waals surface area contributed by atoms with Gasteiger partial charge in [0.25, 0.3) is 0 Å². The monoisotopic (exact) mass is 607 g/mol. The van der Waals surface area contributed by atoms with Gasteiger partial charge < -0.3 is 29.3 Å². The van der Waals surface area contributed by atoms with Crippen LogP contribution in [0.1, 0.15) is 64.0 Å². The Labute approximate surface area is 259 Å². The van der Waals surface area contributed by atoms with Gasteiger partial charge in [0.05, 0.1) is 18.1 Å². The predicted octanol–water partition coefficient (Wildman–Crippen LogP) is 3.02. The molecule has 1 aromatic rings. The maximum Gasteiger partial charge on any atom is 0.313 e. The molecule has 1 N–H and O–H groups in total. The third-order valence-corrected chi connectivity index (χ3v) is 9.61. The molecule has 0 aromatic heterocycles. The van der Waals surface area contributed by atoms with E-state index in [2.05, 4.69) is 6.92 Å². The molecule has 2 fully saturated rings. The number of likely N-dealkylation sites (tertiary alicyclic amines) is 1. The van der Waals surface area contributed by atoms with Crippen LogP contribution in [-0.2, 0) is 28.7 Å². The highest BCUT2D eigenvalue weighted by atomic mass is 16.6. The van der Waals surface area contributed by atoms with E-state index in [1.165, 1.54) is 4.90 Å². The number of aliphatic hydroxyl groups is 1. The van der Waals surface area contributed by atoms with E-state index in [1.807, 2.05) is 49.4 Å². The molecule has 0 radical (unpaired) electrons. The number of hydrogen-bond acceptors (Lipinski definition) is 7. The number of ether oxygens (including phenoxy) is 2. The van der Waals surface area contributed by atoms with Crippen molar-refractivity contribution in [3.05, 3.63) is 60.2 Å². The number of benzene rings is 1. The van der Waals surface area contributed by atoms with Crippen molar-refractivity contribution in [1.82, 2.24) is 14.7 Å². The Kier molecular flexibility index (Phi) is 9.90. The van der Waals surface area contributed by atoms with Crippen molar-refractivity contribution in [3.8, 4) is 0 Å². The van der Waals surface area contributed by atoms with Crippen molar-refractivity contribution in [3.63, 3.8) is 0 Å². The maximum atomic E-state index is 14.4. The summed E-state index contributed by atoms with van der Waals surface area (Å²) in [6.45, 7) is 4.82. The zero-order valence-electron chi connectivity index (χ0n) is 26.0. The third-order valence-electron chi connectivity index (χ3n) is 9.61. The lowest BCUT2D eigenvalue weighted by molar-refractivity contribution is -0.164. The van der Waals surface area contributed by atoms with Gasteiger partial charge in [0.15, 0.2) is 0 Å². The molecule has 3 amide bonds. The summed E-state index contributed by atoms with van der Waals surface area (Å²) in [6.07, 6.45) is 9.71. The van der Waals surface area contributed by atoms with E-state index in [4.69, 9.17) is 9.47 Å². The molecule has 4 aliphatic rings. The van der Waals surface area contributed by atoms with E-state index >= 15 is 0 Å². The average molecular weight is 608 g/mol. The number of amides is 3. The Morgan fingerprint density at radius 3 is 2.50 bits per heavy atom. The van der Waals surface area contributed by atoms with Crippen molar-refractivity contribution in [2.45, 2.75) is 82.3 Å². The van der Waals surface area contributed by atoms with E-state index in [0.717, 1.165) is 24.8 Å². The molecule has 0 saturated carbocycles. The molecule has 4 aliphatic heterocycles. The molecule has 238 valence electrons. The number of nitrogens with zero attached hydrogens (tertiary/aromatic N) is 3. The molecule has 1 aromatic carbocycles. The summed E-state index contributed by atoms with van der Waals surface area (Å²) in [7, 11) is 1.71. The SMILES string of the molecule is CCCCCN1C/C=C\CCC(=O)N(C)[C@H](C)[C@@H](c2ccccc2)OC(=O)[C@@H]2[C@@H]3C=C[C@]4(O3)[C@H](C1=O)N(CCCO)C(=O)[C@@H]24. The number of unbranched alkanes of at least 4 members (excludes halogenated alkanes) is 2. The summed E-state index contributed by atoms with van der Waals surface area (Å²) in [5.74, 6) is -3.15. The van der Waals surface area contributed by atoms with Gasteiger partial charge in [-0.25, -0.2) is 0 Å². The van der Waals surface area contributed by atoms with Crippen LogP contribution in [0.3, 0.4) is 0 Å². The van der Waals surface area contributed by atoms with E-state index in [9.17, 15) is 24.3 Å². The van der Waals surface area contributed by atoms with Gasteiger partial charge in [0.1, 0.15) is 23.7 Å². The fourth-order valence-corrected chi connectivity index (χ4v) is 7.14. The molecular formula is C34H45N3O7. The highest BCUT2D eigenvalue weighted by molar-refractivity contribution is 5.99. The molecule has 5 rings (SSSR count). The van der Waals surface area contributed by atoms with Gasteiger partial charge in [-0.1, -0.05) is 74.4 Å². The third kappa shape index (κ3) is 5.81. The number of allylic oxidation sites excluding steroid dienone is 1. The normalized spacial score (nSPS) is 33.2. The van der Waals surface area contributed by atoms with Gasteiger partial charge in [-0.3, -0.25) is 19.2 Å². The number of likely N-dealkylation sites (N-methyl/N-ethyl adjacent to an activating group) is 1. The Bertz CT molecular complexity index is 1280. The Morgan fingerprint density at radius 1 is 1.00 bits per heavy atom. The van der Waals surface area contributed by atoms with Crippen LogP contribution in [0.15, 0.2) is 54.6 Å². The smallest absolute Gasteiger partial charge is 0.313 e. The summed E-state index contributed by atoms with van der Waals surface area (Å²) in [4.78, 5) is 60.9. The fraction of sp³-hybridized carbons (Fsp3) is 0.588. The first-order valence-electron chi connectivity index (χ1n) is 16.0. The number of hydrogen-bond donors (Lipinski definition) is 1. The van der Waals surface area contributed by atoms with E-state index in [-0.39, 0.29) is 37.3 Å². The minimum absolute atomic E-state index is 0.0850. The Balaban J connectivity index is 1.56. The van der Waals surface area contributed by atoms with Gasteiger partial charge in [0.2, 0.25) is 17.7 Å². The maximum absolute atomic E-state index is 14.4. The van der Waals surface area contributed by atoms with Gasteiger partial charge in [-0.2, -0.15) is 0 Å². The van der Waals surface area contributed by atoms with Crippen LogP contribution >= 0.6 is 0 Å². The van der Waals surface area contributed by atoms with Crippen LogP contribution in [0.5, 0.6) is 0 Å². The zero-order chi connectivity index (χ0) is 31.4. The van der Waals surface area contributed by atoms with Crippen molar-refractivity contribution < 1.29 is 33.8 Å². The number of carbonyl (C=O) groups is 4. The van der Waals surface area contributed by atoms with Crippen LogP contribution in [0.4, 0.5) is 0 Å². The number of cyclic esters (lactones) is 1. The van der Waals surface area contributed by atoms with E-state index in [1.54, 1.807) is 29.0 Å². The van der Waals surface area contributed by atoms with Gasteiger partial charge in [0, 0.05) is 39.7 Å². The first kappa shape index (κ1) is 31.9. The number of aliphatic hydroxyl groups excluding tert-OH is 1. The molecule has 0 unspecified atom stereocenters. The fourth-order valence-electron chi connectivity index (χ4n) is 7.14. The first-order valence-corrected chi connectivity index (χ1v) is 16.0. The summed E-state index contributed by atoms with van der Waals surface area (Å²) in [6, 6.07) is 7.84. The molecule has 4 heterocycles. The van der Waals surface area contributed by atoms with Crippen LogP contribution in [0, 0.1) is 11.8 Å². The molecule has 7 atom stereocenters. The minimum atomic E-state index is -1.31. The van der Waals surface area contributed by atoms with Gasteiger partial charge in [-0.05, 0) is 31.7 Å². The lowest BCUT2D eigenvalue weighted by Crippen LogP contribution is -2.56. The minimum Gasteiger partial charge on any atom is -0.455 e. The van der Waals surface area contributed by atoms with Crippen molar-refractivity contribution in [1.29, 1.82) is 0 Å². The largest absolute Gasteiger partial charge is 0.455 e. The molecule has 10 nitrogen and oxygen atoms in total. The van der Waals surface area contributed by atoms with E-state index in [0.29, 0.717) is 25.9 Å². The lowest BCUT2D eigenvalue weighted by Gasteiger charge is -2.36. The number of rotatable bonds is 8. The van der Waals surface area contributed by atoms with Gasteiger partial charge >= 0.3 is 5.97 Å². The Morgan fingerprint density at radius 2 is 1.77 bits per heavy atom. The molecule has 5 bridgehead atoms. The highest BCUT2D eigenvalue weighted by Crippen LogP contribution is 2.56. The second-order valence-electron chi connectivity index (χ2n) is 12.3. The summed E-state index contributed by atoms with van der Waals surface area (Å²) in [5.41, 5.74) is -0.572. The van der Waals surface area contributed by atoms with Crippen molar-refractivity contribution >= 4 is 23.7 Å². The summed E-state index contributed by atoms with van der Waals surface area (Å²) >= 11 is 0. The van der Waals surface area contributed by atoms with Crippen LogP contribution in [0.2, 0.25) is 0 Å². The van der Waals surface area contributed by atoms with Gasteiger partial charge in [-0.15, -0.1) is 0 Å². The van der Waals surface area contributed by atoms with E-state index < -0.39 is 47.7 Å². The molecule has 44 heavy (non-hydrogen) atoms. The van der Waals surface area contributed by atoms with Crippen LogP contribution in [0.25, 0.3) is 0 Å². The zero-order valence-corrected chi connectivity index (χ0v) is 26.0. The van der Waals surface area contributed by atoms with Crippen molar-refractivity contribution in [2.75, 3.05) is 33.3 Å². The quantitative estimate of drug-likeness (QED) is 0.274. The second-order valence-corrected chi connectivity index (χ2v) is 12.3. The summed E-state index contributed by atoms with van der Waals surface area (Å²) in [5, 5.41) is 9.64. The topological polar surface area (TPSA) is 117 Å². The highest BCUT2D eigenvalue weighted by Gasteiger charge is 2.73. The average Bonchev–Trinajstić information content (AvgIpc) is 3.67. The second kappa shape index (κ2) is 13.6.